The molecule has 1 atom stereocenters. The molecule has 0 aromatic carbocycles. The monoisotopic (exact) mass is 416 g/mol. The van der Waals surface area contributed by atoms with Gasteiger partial charge >= 0.3 is 11.9 Å². The van der Waals surface area contributed by atoms with Crippen LogP contribution in [-0.4, -0.2) is 35.6 Å². The highest BCUT2D eigenvalue weighted by atomic mass is 19.4. The Morgan fingerprint density at radius 3 is 2.48 bits per heavy atom. The van der Waals surface area contributed by atoms with Crippen molar-refractivity contribution in [2.45, 2.75) is 76.7 Å². The molecule has 2 heterocycles. The highest BCUT2D eigenvalue weighted by molar-refractivity contribution is 5.69. The highest BCUT2D eigenvalue weighted by Crippen LogP contribution is 2.33. The van der Waals surface area contributed by atoms with Crippen LogP contribution in [-0.2, 0) is 20.1 Å². The number of aromatic nitrogens is 4. The van der Waals surface area contributed by atoms with Crippen molar-refractivity contribution in [1.82, 2.24) is 18.7 Å². The Bertz CT molecular complexity index is 981. The van der Waals surface area contributed by atoms with E-state index in [2.05, 4.69) is 4.98 Å². The summed E-state index contributed by atoms with van der Waals surface area (Å²) in [6.07, 6.45) is 1.10. The number of imidazole rings is 1. The molecule has 2 aromatic heterocycles. The first-order chi connectivity index (χ1) is 13.5. The van der Waals surface area contributed by atoms with Gasteiger partial charge in [0.05, 0.1) is 6.33 Å². The van der Waals surface area contributed by atoms with Crippen LogP contribution in [0, 0.1) is 5.92 Å². The summed E-state index contributed by atoms with van der Waals surface area (Å²) < 4.78 is 42.4. The average Bonchev–Trinajstić information content (AvgIpc) is 3.28. The van der Waals surface area contributed by atoms with Gasteiger partial charge in [-0.25, -0.2) is 9.78 Å². The van der Waals surface area contributed by atoms with E-state index in [0.717, 1.165) is 24.3 Å². The number of unbranched alkanes of at least 4 members (excludes halogenated alkanes) is 1. The molecule has 1 aliphatic rings. The summed E-state index contributed by atoms with van der Waals surface area (Å²) in [5, 5.41) is 9.52. The maximum absolute atomic E-state index is 13.0. The van der Waals surface area contributed by atoms with Gasteiger partial charge in [0, 0.05) is 20.1 Å². The predicted molar refractivity (Wildman–Crippen MR) is 102 cm³/mol. The first-order valence-electron chi connectivity index (χ1n) is 9.96. The lowest BCUT2D eigenvalue weighted by Gasteiger charge is -2.26. The first-order valence-corrected chi connectivity index (χ1v) is 9.96. The zero-order valence-electron chi connectivity index (χ0n) is 16.7. The fourth-order valence-corrected chi connectivity index (χ4v) is 4.01. The molecule has 7 nitrogen and oxygen atoms in total. The molecule has 0 amide bonds. The Labute approximate surface area is 165 Å². The summed E-state index contributed by atoms with van der Waals surface area (Å²) in [6, 6.07) is 0. The SMILES string of the molecule is Cn1c(=O)n(CCCCC(C)(O)C(F)(F)F)c(=O)c2c1ncn2CC1CCCC1. The third-order valence-electron chi connectivity index (χ3n) is 5.94. The lowest BCUT2D eigenvalue weighted by molar-refractivity contribution is -0.255. The molecule has 0 aliphatic heterocycles. The number of hydrogen-bond donors (Lipinski definition) is 1. The molecule has 10 heteroatoms. The maximum Gasteiger partial charge on any atom is 0.416 e. The van der Waals surface area contributed by atoms with Crippen LogP contribution in [0.3, 0.4) is 0 Å². The van der Waals surface area contributed by atoms with E-state index >= 15 is 0 Å². The van der Waals surface area contributed by atoms with Gasteiger partial charge < -0.3 is 9.67 Å². The normalized spacial score (nSPS) is 17.9. The minimum absolute atomic E-state index is 0.00993. The van der Waals surface area contributed by atoms with Crippen molar-refractivity contribution in [2.24, 2.45) is 13.0 Å². The van der Waals surface area contributed by atoms with Gasteiger partial charge in [0.2, 0.25) is 0 Å². The zero-order chi connectivity index (χ0) is 21.4. The number of fused-ring (bicyclic) bond motifs is 1. The molecule has 1 aliphatic carbocycles. The molecule has 0 spiro atoms. The van der Waals surface area contributed by atoms with Crippen molar-refractivity contribution < 1.29 is 18.3 Å². The summed E-state index contributed by atoms with van der Waals surface area (Å²) in [5.74, 6) is 0.474. The summed E-state index contributed by atoms with van der Waals surface area (Å²) in [5.41, 5.74) is -3.14. The Kier molecular flexibility index (Phi) is 5.93. The summed E-state index contributed by atoms with van der Waals surface area (Å²) in [4.78, 5) is 29.8. The number of halogens is 3. The molecule has 29 heavy (non-hydrogen) atoms. The number of hydrogen-bond acceptors (Lipinski definition) is 4. The Hall–Kier alpha value is -2.10. The van der Waals surface area contributed by atoms with Crippen LogP contribution >= 0.6 is 0 Å². The second kappa shape index (κ2) is 7.97. The summed E-state index contributed by atoms with van der Waals surface area (Å²) in [6.45, 7) is 1.38. The van der Waals surface area contributed by atoms with Crippen molar-refractivity contribution in [3.05, 3.63) is 27.2 Å². The molecule has 1 N–H and O–H groups in total. The van der Waals surface area contributed by atoms with E-state index in [1.165, 1.54) is 24.5 Å². The molecular weight excluding hydrogens is 389 g/mol. The van der Waals surface area contributed by atoms with Crippen LogP contribution in [0.5, 0.6) is 0 Å². The van der Waals surface area contributed by atoms with Crippen LogP contribution in [0.15, 0.2) is 15.9 Å². The van der Waals surface area contributed by atoms with Crippen LogP contribution in [0.4, 0.5) is 13.2 Å². The van der Waals surface area contributed by atoms with E-state index < -0.39 is 29.4 Å². The predicted octanol–water partition coefficient (Wildman–Crippen LogP) is 2.57. The molecule has 1 saturated carbocycles. The Morgan fingerprint density at radius 1 is 1.21 bits per heavy atom. The van der Waals surface area contributed by atoms with Gasteiger partial charge in [-0.15, -0.1) is 0 Å². The molecule has 1 unspecified atom stereocenters. The van der Waals surface area contributed by atoms with Gasteiger partial charge in [-0.05, 0) is 44.9 Å². The quantitative estimate of drug-likeness (QED) is 0.704. The highest BCUT2D eigenvalue weighted by Gasteiger charge is 2.48. The van der Waals surface area contributed by atoms with E-state index in [-0.39, 0.29) is 19.4 Å². The molecule has 1 fully saturated rings. The van der Waals surface area contributed by atoms with Crippen molar-refractivity contribution in [3.63, 3.8) is 0 Å². The standard InChI is InChI=1S/C19H27F3N4O3/c1-18(29,19(20,21)22)9-5-6-10-26-16(27)14-15(24(2)17(26)28)23-12-25(14)11-13-7-3-4-8-13/h12-13,29H,3-11H2,1-2H3. The van der Waals surface area contributed by atoms with Gasteiger partial charge in [-0.3, -0.25) is 13.9 Å². The zero-order valence-corrected chi connectivity index (χ0v) is 16.7. The van der Waals surface area contributed by atoms with Crippen molar-refractivity contribution in [2.75, 3.05) is 0 Å². The Balaban J connectivity index is 1.81. The number of aryl methyl sites for hydroxylation is 1. The number of nitrogens with zero attached hydrogens (tertiary/aromatic N) is 4. The molecule has 0 bridgehead atoms. The molecule has 0 radical (unpaired) electrons. The van der Waals surface area contributed by atoms with Gasteiger partial charge in [0.15, 0.2) is 16.8 Å². The number of aliphatic hydroxyl groups is 1. The Morgan fingerprint density at radius 2 is 1.86 bits per heavy atom. The smallest absolute Gasteiger partial charge is 0.381 e. The van der Waals surface area contributed by atoms with E-state index in [0.29, 0.717) is 23.6 Å². The van der Waals surface area contributed by atoms with Crippen molar-refractivity contribution in [1.29, 1.82) is 0 Å². The largest absolute Gasteiger partial charge is 0.416 e. The average molecular weight is 416 g/mol. The van der Waals surface area contributed by atoms with E-state index in [4.69, 9.17) is 0 Å². The van der Waals surface area contributed by atoms with Crippen molar-refractivity contribution >= 4 is 11.2 Å². The lowest BCUT2D eigenvalue weighted by atomic mass is 9.98. The fraction of sp³-hybridized carbons (Fsp3) is 0.737. The van der Waals surface area contributed by atoms with Gasteiger partial charge in [-0.2, -0.15) is 13.2 Å². The van der Waals surface area contributed by atoms with Crippen LogP contribution in [0.25, 0.3) is 11.2 Å². The van der Waals surface area contributed by atoms with Gasteiger partial charge in [-0.1, -0.05) is 12.8 Å². The molecule has 0 saturated heterocycles. The number of rotatable bonds is 7. The van der Waals surface area contributed by atoms with Gasteiger partial charge in [0.1, 0.15) is 0 Å². The molecule has 162 valence electrons. The second-order valence-corrected chi connectivity index (χ2v) is 8.25. The summed E-state index contributed by atoms with van der Waals surface area (Å²) in [7, 11) is 1.53. The van der Waals surface area contributed by atoms with Crippen LogP contribution in [0.2, 0.25) is 0 Å². The fourth-order valence-electron chi connectivity index (χ4n) is 4.01. The third-order valence-corrected chi connectivity index (χ3v) is 5.94. The first kappa shape index (κ1) is 21.6. The van der Waals surface area contributed by atoms with Crippen molar-refractivity contribution in [3.8, 4) is 0 Å². The van der Waals surface area contributed by atoms with Crippen LogP contribution < -0.4 is 11.2 Å². The van der Waals surface area contributed by atoms with E-state index in [9.17, 15) is 27.9 Å². The summed E-state index contributed by atoms with van der Waals surface area (Å²) >= 11 is 0. The molecule has 3 rings (SSSR count). The number of alkyl halides is 3. The van der Waals surface area contributed by atoms with Crippen LogP contribution in [0.1, 0.15) is 51.9 Å². The molecule has 2 aromatic rings. The van der Waals surface area contributed by atoms with E-state index in [1.54, 1.807) is 10.9 Å². The minimum atomic E-state index is -4.72. The third kappa shape index (κ3) is 4.26. The molecular formula is C19H27F3N4O3. The van der Waals surface area contributed by atoms with E-state index in [1.807, 2.05) is 0 Å². The minimum Gasteiger partial charge on any atom is -0.381 e. The second-order valence-electron chi connectivity index (χ2n) is 8.25. The van der Waals surface area contributed by atoms with Gasteiger partial charge in [0.25, 0.3) is 5.56 Å². The maximum atomic E-state index is 13.0. The topological polar surface area (TPSA) is 82.0 Å². The lowest BCUT2D eigenvalue weighted by Crippen LogP contribution is -2.42.